The summed E-state index contributed by atoms with van der Waals surface area (Å²) in [7, 11) is 0. The summed E-state index contributed by atoms with van der Waals surface area (Å²) in [5, 5.41) is 12.0. The molecule has 3 aromatic rings. The van der Waals surface area contributed by atoms with Gasteiger partial charge in [-0.05, 0) is 48.9 Å². The molecule has 0 spiro atoms. The second-order valence-corrected chi connectivity index (χ2v) is 6.81. The molecule has 0 unspecified atom stereocenters. The van der Waals surface area contributed by atoms with Crippen LogP contribution >= 0.6 is 11.3 Å². The van der Waals surface area contributed by atoms with E-state index >= 15 is 0 Å². The van der Waals surface area contributed by atoms with E-state index in [0.717, 1.165) is 60.6 Å². The van der Waals surface area contributed by atoms with E-state index in [1.807, 2.05) is 16.8 Å². The highest BCUT2D eigenvalue weighted by Crippen LogP contribution is 2.36. The molecule has 0 radical (unpaired) electrons. The van der Waals surface area contributed by atoms with Gasteiger partial charge in [-0.1, -0.05) is 6.07 Å². The van der Waals surface area contributed by atoms with Gasteiger partial charge in [0.25, 0.3) is 0 Å². The Bertz CT molecular complexity index is 882. The first-order valence-electron chi connectivity index (χ1n) is 8.10. The number of benzene rings is 1. The number of aromatic nitrogens is 2. The predicted octanol–water partition coefficient (Wildman–Crippen LogP) is 5.37. The predicted molar refractivity (Wildman–Crippen MR) is 93.3 cm³/mol. The van der Waals surface area contributed by atoms with Crippen LogP contribution in [-0.4, -0.2) is 16.3 Å². The molecule has 130 valence electrons. The van der Waals surface area contributed by atoms with Gasteiger partial charge in [-0.2, -0.15) is 29.6 Å². The van der Waals surface area contributed by atoms with Gasteiger partial charge in [0.2, 0.25) is 0 Å². The SMILES string of the molecule is FC(F)(F)c1cccc(-n2nc(-c3ccsc3)c3c2NCCCC3)c1. The minimum atomic E-state index is -4.37. The first-order valence-corrected chi connectivity index (χ1v) is 9.04. The average molecular weight is 363 g/mol. The lowest BCUT2D eigenvalue weighted by Gasteiger charge is -2.12. The van der Waals surface area contributed by atoms with E-state index in [1.54, 1.807) is 22.1 Å². The van der Waals surface area contributed by atoms with Crippen molar-refractivity contribution in [2.24, 2.45) is 0 Å². The molecular weight excluding hydrogens is 347 g/mol. The molecule has 0 fully saturated rings. The Morgan fingerprint density at radius 2 is 2.04 bits per heavy atom. The molecule has 2 aromatic heterocycles. The van der Waals surface area contributed by atoms with Crippen molar-refractivity contribution in [3.05, 3.63) is 52.2 Å². The maximum Gasteiger partial charge on any atom is 0.416 e. The lowest BCUT2D eigenvalue weighted by molar-refractivity contribution is -0.137. The third-order valence-electron chi connectivity index (χ3n) is 4.34. The fraction of sp³-hybridized carbons (Fsp3) is 0.278. The number of nitrogens with one attached hydrogen (secondary N) is 1. The number of thiophene rings is 1. The maximum absolute atomic E-state index is 13.1. The Morgan fingerprint density at radius 1 is 1.16 bits per heavy atom. The summed E-state index contributed by atoms with van der Waals surface area (Å²) in [6.07, 6.45) is -1.44. The first kappa shape index (κ1) is 16.2. The summed E-state index contributed by atoms with van der Waals surface area (Å²) in [6.45, 7) is 0.792. The number of hydrogen-bond acceptors (Lipinski definition) is 3. The van der Waals surface area contributed by atoms with Gasteiger partial charge in [0, 0.05) is 23.1 Å². The largest absolute Gasteiger partial charge is 0.416 e. The second-order valence-electron chi connectivity index (χ2n) is 6.03. The van der Waals surface area contributed by atoms with E-state index in [-0.39, 0.29) is 0 Å². The van der Waals surface area contributed by atoms with Crippen LogP contribution in [0.5, 0.6) is 0 Å². The van der Waals surface area contributed by atoms with E-state index in [9.17, 15) is 13.2 Å². The van der Waals surface area contributed by atoms with Gasteiger partial charge in [-0.15, -0.1) is 0 Å². The summed E-state index contributed by atoms with van der Waals surface area (Å²) in [6, 6.07) is 7.31. The van der Waals surface area contributed by atoms with Crippen molar-refractivity contribution in [1.82, 2.24) is 9.78 Å². The van der Waals surface area contributed by atoms with Crippen molar-refractivity contribution in [2.45, 2.75) is 25.4 Å². The first-order chi connectivity index (χ1) is 12.0. The van der Waals surface area contributed by atoms with Gasteiger partial charge in [0.15, 0.2) is 0 Å². The van der Waals surface area contributed by atoms with Crippen LogP contribution in [0.3, 0.4) is 0 Å². The topological polar surface area (TPSA) is 29.9 Å². The summed E-state index contributed by atoms with van der Waals surface area (Å²) >= 11 is 1.58. The molecule has 0 bridgehead atoms. The highest BCUT2D eigenvalue weighted by atomic mass is 32.1. The smallest absolute Gasteiger partial charge is 0.370 e. The van der Waals surface area contributed by atoms with Gasteiger partial charge in [0.05, 0.1) is 16.9 Å². The normalized spacial score (nSPS) is 14.7. The van der Waals surface area contributed by atoms with Crippen molar-refractivity contribution < 1.29 is 13.2 Å². The standard InChI is InChI=1S/C18H16F3N3S/c19-18(20,21)13-4-3-5-14(10-13)24-17-15(6-1-2-8-22-17)16(23-24)12-7-9-25-11-12/h3-5,7,9-11,22H,1-2,6,8H2. The average Bonchev–Trinajstić information content (AvgIpc) is 3.16. The van der Waals surface area contributed by atoms with E-state index in [1.165, 1.54) is 6.07 Å². The Labute approximate surface area is 147 Å². The van der Waals surface area contributed by atoms with Crippen LogP contribution < -0.4 is 5.32 Å². The maximum atomic E-state index is 13.1. The molecule has 4 rings (SSSR count). The third kappa shape index (κ3) is 3.04. The summed E-state index contributed by atoms with van der Waals surface area (Å²) in [4.78, 5) is 0. The Hall–Kier alpha value is -2.28. The molecule has 7 heteroatoms. The summed E-state index contributed by atoms with van der Waals surface area (Å²) < 4.78 is 40.8. The van der Waals surface area contributed by atoms with E-state index in [4.69, 9.17) is 0 Å². The minimum absolute atomic E-state index is 0.418. The lowest BCUT2D eigenvalue weighted by Crippen LogP contribution is -2.09. The van der Waals surface area contributed by atoms with Crippen molar-refractivity contribution in [3.63, 3.8) is 0 Å². The minimum Gasteiger partial charge on any atom is -0.370 e. The molecule has 3 heterocycles. The third-order valence-corrected chi connectivity index (χ3v) is 5.03. The van der Waals surface area contributed by atoms with Crippen LogP contribution in [0.25, 0.3) is 16.9 Å². The van der Waals surface area contributed by atoms with Crippen LogP contribution in [0.15, 0.2) is 41.1 Å². The number of rotatable bonds is 2. The number of hydrogen-bond donors (Lipinski definition) is 1. The quantitative estimate of drug-likeness (QED) is 0.663. The molecule has 25 heavy (non-hydrogen) atoms. The van der Waals surface area contributed by atoms with Crippen LogP contribution in [0.2, 0.25) is 0 Å². The molecular formula is C18H16F3N3S. The van der Waals surface area contributed by atoms with Crippen LogP contribution in [0.4, 0.5) is 19.0 Å². The Morgan fingerprint density at radius 3 is 2.80 bits per heavy atom. The van der Waals surface area contributed by atoms with Crippen LogP contribution in [0, 0.1) is 0 Å². The van der Waals surface area contributed by atoms with Gasteiger partial charge in [-0.3, -0.25) is 0 Å². The van der Waals surface area contributed by atoms with Crippen molar-refractivity contribution in [3.8, 4) is 16.9 Å². The zero-order valence-electron chi connectivity index (χ0n) is 13.3. The molecule has 0 atom stereocenters. The van der Waals surface area contributed by atoms with Gasteiger partial charge < -0.3 is 5.32 Å². The van der Waals surface area contributed by atoms with Crippen LogP contribution in [-0.2, 0) is 12.6 Å². The van der Waals surface area contributed by atoms with E-state index in [2.05, 4.69) is 10.4 Å². The number of anilines is 1. The Kier molecular flexibility index (Phi) is 4.03. The van der Waals surface area contributed by atoms with Gasteiger partial charge >= 0.3 is 6.18 Å². The number of fused-ring (bicyclic) bond motifs is 1. The number of alkyl halides is 3. The Balaban J connectivity index is 1.88. The molecule has 0 saturated heterocycles. The van der Waals surface area contributed by atoms with E-state index < -0.39 is 11.7 Å². The van der Waals surface area contributed by atoms with Gasteiger partial charge in [-0.25, -0.2) is 4.68 Å². The molecule has 0 amide bonds. The molecule has 0 saturated carbocycles. The number of nitrogens with zero attached hydrogens (tertiary/aromatic N) is 2. The fourth-order valence-electron chi connectivity index (χ4n) is 3.13. The summed E-state index contributed by atoms with van der Waals surface area (Å²) in [5.41, 5.74) is 2.69. The second kappa shape index (κ2) is 6.22. The molecule has 1 aliphatic heterocycles. The van der Waals surface area contributed by atoms with Crippen molar-refractivity contribution >= 4 is 17.2 Å². The lowest BCUT2D eigenvalue weighted by atomic mass is 10.1. The molecule has 0 aliphatic carbocycles. The molecule has 3 nitrogen and oxygen atoms in total. The van der Waals surface area contributed by atoms with Gasteiger partial charge in [0.1, 0.15) is 5.82 Å². The zero-order valence-corrected chi connectivity index (χ0v) is 14.1. The number of halogens is 3. The highest BCUT2D eigenvalue weighted by Gasteiger charge is 2.31. The van der Waals surface area contributed by atoms with E-state index in [0.29, 0.717) is 5.69 Å². The summed E-state index contributed by atoms with van der Waals surface area (Å²) in [5.74, 6) is 0.804. The van der Waals surface area contributed by atoms with Crippen LogP contribution in [0.1, 0.15) is 24.0 Å². The zero-order chi connectivity index (χ0) is 17.4. The fourth-order valence-corrected chi connectivity index (χ4v) is 3.77. The molecule has 1 N–H and O–H groups in total. The molecule has 1 aromatic carbocycles. The molecule has 1 aliphatic rings. The monoisotopic (exact) mass is 363 g/mol. The van der Waals surface area contributed by atoms with Crippen molar-refractivity contribution in [1.29, 1.82) is 0 Å². The van der Waals surface area contributed by atoms with Crippen molar-refractivity contribution in [2.75, 3.05) is 11.9 Å². The highest BCUT2D eigenvalue weighted by molar-refractivity contribution is 7.08.